The molecule has 0 saturated heterocycles. The van der Waals surface area contributed by atoms with Crippen LogP contribution in [0.25, 0.3) is 0 Å². The molecular formula is C14H14N2O4S. The van der Waals surface area contributed by atoms with Crippen molar-refractivity contribution in [3.63, 3.8) is 0 Å². The summed E-state index contributed by atoms with van der Waals surface area (Å²) < 4.78 is 5.04. The molecule has 1 unspecified atom stereocenters. The Morgan fingerprint density at radius 2 is 2.14 bits per heavy atom. The van der Waals surface area contributed by atoms with Gasteiger partial charge in [0.25, 0.3) is 0 Å². The normalized spacial score (nSPS) is 11.7. The Bertz CT molecular complexity index is 628. The highest BCUT2D eigenvalue weighted by molar-refractivity contribution is 7.10. The molecule has 2 rings (SSSR count). The number of ether oxygens (including phenoxy) is 1. The Morgan fingerprint density at radius 1 is 1.33 bits per heavy atom. The SMILES string of the molecule is NC(C(=O)Nc1cccc(OCC(=O)O)c1)c1cccs1. The average molecular weight is 306 g/mol. The minimum atomic E-state index is -1.07. The molecule has 1 heterocycles. The van der Waals surface area contributed by atoms with Crippen molar-refractivity contribution in [2.75, 3.05) is 11.9 Å². The lowest BCUT2D eigenvalue weighted by atomic mass is 10.2. The summed E-state index contributed by atoms with van der Waals surface area (Å²) in [5, 5.41) is 13.1. The first-order chi connectivity index (χ1) is 10.1. The van der Waals surface area contributed by atoms with Crippen LogP contribution in [0.5, 0.6) is 5.75 Å². The first kappa shape index (κ1) is 15.0. The highest BCUT2D eigenvalue weighted by atomic mass is 32.1. The van der Waals surface area contributed by atoms with Crippen molar-refractivity contribution in [2.24, 2.45) is 5.73 Å². The Balaban J connectivity index is 2.00. The van der Waals surface area contributed by atoms with Crippen LogP contribution in [0.2, 0.25) is 0 Å². The van der Waals surface area contributed by atoms with Gasteiger partial charge in [-0.25, -0.2) is 4.79 Å². The van der Waals surface area contributed by atoms with E-state index in [1.54, 1.807) is 30.3 Å². The summed E-state index contributed by atoms with van der Waals surface area (Å²) in [6.07, 6.45) is 0. The van der Waals surface area contributed by atoms with Gasteiger partial charge >= 0.3 is 5.97 Å². The van der Waals surface area contributed by atoms with Crippen LogP contribution in [0, 0.1) is 0 Å². The van der Waals surface area contributed by atoms with E-state index in [2.05, 4.69) is 5.32 Å². The van der Waals surface area contributed by atoms with Gasteiger partial charge in [0.2, 0.25) is 5.91 Å². The van der Waals surface area contributed by atoms with Crippen molar-refractivity contribution in [1.29, 1.82) is 0 Å². The monoisotopic (exact) mass is 306 g/mol. The van der Waals surface area contributed by atoms with E-state index in [1.807, 2.05) is 11.4 Å². The molecule has 0 aliphatic carbocycles. The van der Waals surface area contributed by atoms with E-state index in [1.165, 1.54) is 11.3 Å². The lowest BCUT2D eigenvalue weighted by Crippen LogP contribution is -2.26. The predicted octanol–water partition coefficient (Wildman–Crippen LogP) is 1.85. The van der Waals surface area contributed by atoms with Crippen LogP contribution in [0.15, 0.2) is 41.8 Å². The third kappa shape index (κ3) is 4.30. The number of nitrogens with two attached hydrogens (primary N) is 1. The van der Waals surface area contributed by atoms with Gasteiger partial charge in [0.1, 0.15) is 11.8 Å². The summed E-state index contributed by atoms with van der Waals surface area (Å²) in [5.41, 5.74) is 6.35. The Labute approximate surface area is 125 Å². The first-order valence-electron chi connectivity index (χ1n) is 6.11. The fraction of sp³-hybridized carbons (Fsp3) is 0.143. The van der Waals surface area contributed by atoms with Gasteiger partial charge in [0.05, 0.1) is 0 Å². The largest absolute Gasteiger partial charge is 0.482 e. The summed E-state index contributed by atoms with van der Waals surface area (Å²) in [7, 11) is 0. The van der Waals surface area contributed by atoms with Crippen molar-refractivity contribution < 1.29 is 19.4 Å². The van der Waals surface area contributed by atoms with Crippen LogP contribution in [0.4, 0.5) is 5.69 Å². The molecule has 1 aromatic carbocycles. The van der Waals surface area contributed by atoms with Gasteiger partial charge in [-0.15, -0.1) is 11.3 Å². The molecule has 1 amide bonds. The summed E-state index contributed by atoms with van der Waals surface area (Å²) in [6.45, 7) is -0.438. The minimum absolute atomic E-state index is 0.340. The summed E-state index contributed by atoms with van der Waals surface area (Å²) >= 11 is 1.41. The quantitative estimate of drug-likeness (QED) is 0.756. The molecular weight excluding hydrogens is 292 g/mol. The first-order valence-corrected chi connectivity index (χ1v) is 6.99. The van der Waals surface area contributed by atoms with Crippen molar-refractivity contribution in [2.45, 2.75) is 6.04 Å². The number of carbonyl (C=O) groups excluding carboxylic acids is 1. The number of hydrogen-bond acceptors (Lipinski definition) is 5. The number of nitrogens with one attached hydrogen (secondary N) is 1. The van der Waals surface area contributed by atoms with Crippen molar-refractivity contribution in [1.82, 2.24) is 0 Å². The van der Waals surface area contributed by atoms with E-state index in [-0.39, 0.29) is 5.91 Å². The second-order valence-electron chi connectivity index (χ2n) is 4.19. The fourth-order valence-electron chi connectivity index (χ4n) is 1.63. The molecule has 0 aliphatic rings. The number of anilines is 1. The Kier molecular flexibility index (Phi) is 4.91. The number of thiophene rings is 1. The highest BCUT2D eigenvalue weighted by Crippen LogP contribution is 2.21. The van der Waals surface area contributed by atoms with Gasteiger partial charge in [-0.2, -0.15) is 0 Å². The number of hydrogen-bond donors (Lipinski definition) is 3. The summed E-state index contributed by atoms with van der Waals surface area (Å²) in [4.78, 5) is 23.2. The van der Waals surface area contributed by atoms with Gasteiger partial charge in [-0.1, -0.05) is 12.1 Å². The average Bonchev–Trinajstić information content (AvgIpc) is 2.98. The van der Waals surface area contributed by atoms with Gasteiger partial charge < -0.3 is 20.9 Å². The Hall–Kier alpha value is -2.38. The molecule has 4 N–H and O–H groups in total. The molecule has 7 heteroatoms. The second-order valence-corrected chi connectivity index (χ2v) is 5.17. The van der Waals surface area contributed by atoms with Gasteiger partial charge in [0, 0.05) is 16.6 Å². The van der Waals surface area contributed by atoms with Crippen LogP contribution < -0.4 is 15.8 Å². The highest BCUT2D eigenvalue weighted by Gasteiger charge is 2.16. The molecule has 0 radical (unpaired) electrons. The van der Waals surface area contributed by atoms with Crippen LogP contribution in [-0.4, -0.2) is 23.6 Å². The molecule has 0 fully saturated rings. The van der Waals surface area contributed by atoms with E-state index in [0.717, 1.165) is 4.88 Å². The van der Waals surface area contributed by atoms with Crippen LogP contribution in [0.1, 0.15) is 10.9 Å². The second kappa shape index (κ2) is 6.87. The van der Waals surface area contributed by atoms with E-state index >= 15 is 0 Å². The zero-order valence-electron chi connectivity index (χ0n) is 11.0. The molecule has 1 atom stereocenters. The lowest BCUT2D eigenvalue weighted by molar-refractivity contribution is -0.139. The molecule has 0 bridgehead atoms. The molecule has 0 aliphatic heterocycles. The molecule has 110 valence electrons. The number of carboxylic acid groups (broad SMARTS) is 1. The van der Waals surface area contributed by atoms with E-state index < -0.39 is 18.6 Å². The van der Waals surface area contributed by atoms with Crippen LogP contribution in [-0.2, 0) is 9.59 Å². The fourth-order valence-corrected chi connectivity index (χ4v) is 2.35. The smallest absolute Gasteiger partial charge is 0.341 e. The van der Waals surface area contributed by atoms with E-state index in [0.29, 0.717) is 11.4 Å². The van der Waals surface area contributed by atoms with E-state index in [9.17, 15) is 9.59 Å². The summed E-state index contributed by atoms with van der Waals surface area (Å²) in [5.74, 6) is -1.04. The van der Waals surface area contributed by atoms with Gasteiger partial charge in [-0.05, 0) is 23.6 Å². The zero-order chi connectivity index (χ0) is 15.2. The standard InChI is InChI=1S/C14H14N2O4S/c15-13(11-5-2-6-21-11)14(19)16-9-3-1-4-10(7-9)20-8-12(17)18/h1-7,13H,8,15H2,(H,16,19)(H,17,18). The molecule has 21 heavy (non-hydrogen) atoms. The zero-order valence-corrected chi connectivity index (χ0v) is 11.8. The number of aliphatic carboxylic acids is 1. The predicted molar refractivity (Wildman–Crippen MR) is 79.4 cm³/mol. The number of amides is 1. The molecule has 0 spiro atoms. The third-order valence-electron chi connectivity index (χ3n) is 2.60. The van der Waals surface area contributed by atoms with Gasteiger partial charge in [0.15, 0.2) is 6.61 Å². The maximum atomic E-state index is 12.0. The number of carbonyl (C=O) groups is 2. The van der Waals surface area contributed by atoms with Gasteiger partial charge in [-0.3, -0.25) is 4.79 Å². The minimum Gasteiger partial charge on any atom is -0.482 e. The number of carboxylic acids is 1. The lowest BCUT2D eigenvalue weighted by Gasteiger charge is -2.11. The molecule has 0 saturated carbocycles. The van der Waals surface area contributed by atoms with Crippen LogP contribution in [0.3, 0.4) is 0 Å². The third-order valence-corrected chi connectivity index (χ3v) is 3.55. The van der Waals surface area contributed by atoms with Crippen molar-refractivity contribution in [3.05, 3.63) is 46.7 Å². The number of rotatable bonds is 6. The van der Waals surface area contributed by atoms with Crippen molar-refractivity contribution in [3.8, 4) is 5.75 Å². The molecule has 2 aromatic rings. The topological polar surface area (TPSA) is 102 Å². The van der Waals surface area contributed by atoms with Crippen molar-refractivity contribution >= 4 is 28.9 Å². The molecule has 6 nitrogen and oxygen atoms in total. The van der Waals surface area contributed by atoms with E-state index in [4.69, 9.17) is 15.6 Å². The van der Waals surface area contributed by atoms with Crippen LogP contribution >= 0.6 is 11.3 Å². The maximum absolute atomic E-state index is 12.0. The summed E-state index contributed by atoms with van der Waals surface area (Å²) in [6, 6.07) is 9.36. The number of benzene rings is 1. The molecule has 1 aromatic heterocycles. The maximum Gasteiger partial charge on any atom is 0.341 e. The Morgan fingerprint density at radius 3 is 2.81 bits per heavy atom.